The van der Waals surface area contributed by atoms with Crippen molar-refractivity contribution in [3.8, 4) is 0 Å². The second-order valence-electron chi connectivity index (χ2n) is 7.40. The highest BCUT2D eigenvalue weighted by Gasteiger charge is 2.45. The molecule has 0 saturated heterocycles. The van der Waals surface area contributed by atoms with Crippen molar-refractivity contribution in [2.45, 2.75) is 31.2 Å². The maximum atomic E-state index is 13.0. The molecule has 2 aliphatic rings. The standard InChI is InChI=1S/C22H22FNO3/c23-17-10-8-14(9-11-17)18-12-19(18)22(26)27-13-20(25)24-21(16-6-7-16)15-4-2-1-3-5-15/h1-5,8-11,16,18-19,21H,6-7,12-13H2,(H,24,25). The van der Waals surface area contributed by atoms with Crippen molar-refractivity contribution >= 4 is 11.9 Å². The number of halogens is 1. The molecule has 140 valence electrons. The molecule has 2 saturated carbocycles. The zero-order chi connectivity index (χ0) is 18.8. The largest absolute Gasteiger partial charge is 0.455 e. The molecule has 2 aromatic rings. The summed E-state index contributed by atoms with van der Waals surface area (Å²) in [5, 5.41) is 3.00. The molecule has 0 aliphatic heterocycles. The first kappa shape index (κ1) is 17.7. The molecule has 2 aromatic carbocycles. The summed E-state index contributed by atoms with van der Waals surface area (Å²) in [5.74, 6) is -0.649. The summed E-state index contributed by atoms with van der Waals surface area (Å²) in [7, 11) is 0. The highest BCUT2D eigenvalue weighted by molar-refractivity contribution is 5.83. The Bertz CT molecular complexity index is 817. The fourth-order valence-electron chi connectivity index (χ4n) is 3.56. The predicted octanol–water partition coefficient (Wildman–Crippen LogP) is 3.74. The van der Waals surface area contributed by atoms with Gasteiger partial charge < -0.3 is 10.1 Å². The van der Waals surface area contributed by atoms with Crippen LogP contribution in [0, 0.1) is 17.7 Å². The van der Waals surface area contributed by atoms with Gasteiger partial charge in [0.2, 0.25) is 0 Å². The van der Waals surface area contributed by atoms with Crippen LogP contribution in [-0.2, 0) is 14.3 Å². The van der Waals surface area contributed by atoms with Crippen LogP contribution in [0.3, 0.4) is 0 Å². The number of nitrogens with one attached hydrogen (secondary N) is 1. The van der Waals surface area contributed by atoms with Crippen LogP contribution < -0.4 is 5.32 Å². The maximum Gasteiger partial charge on any atom is 0.310 e. The fraction of sp³-hybridized carbons (Fsp3) is 0.364. The monoisotopic (exact) mass is 367 g/mol. The van der Waals surface area contributed by atoms with Crippen LogP contribution in [0.15, 0.2) is 54.6 Å². The Kier molecular flexibility index (Phi) is 4.92. The summed E-state index contributed by atoms with van der Waals surface area (Å²) in [5.41, 5.74) is 2.01. The van der Waals surface area contributed by atoms with Crippen molar-refractivity contribution in [2.75, 3.05) is 6.61 Å². The summed E-state index contributed by atoms with van der Waals surface area (Å²) < 4.78 is 18.2. The van der Waals surface area contributed by atoms with Gasteiger partial charge in [0.15, 0.2) is 6.61 Å². The van der Waals surface area contributed by atoms with Gasteiger partial charge in [0.1, 0.15) is 5.82 Å². The Balaban J connectivity index is 1.27. The lowest BCUT2D eigenvalue weighted by Gasteiger charge is -2.18. The van der Waals surface area contributed by atoms with E-state index in [9.17, 15) is 14.0 Å². The third kappa shape index (κ3) is 4.35. The summed E-state index contributed by atoms with van der Waals surface area (Å²) >= 11 is 0. The van der Waals surface area contributed by atoms with Gasteiger partial charge >= 0.3 is 5.97 Å². The van der Waals surface area contributed by atoms with Gasteiger partial charge in [0, 0.05) is 0 Å². The average Bonchev–Trinajstić information content (AvgIpc) is 3.59. The van der Waals surface area contributed by atoms with E-state index >= 15 is 0 Å². The highest BCUT2D eigenvalue weighted by Crippen LogP contribution is 2.48. The molecule has 2 aliphatic carbocycles. The molecule has 5 heteroatoms. The van der Waals surface area contributed by atoms with Crippen molar-refractivity contribution in [3.63, 3.8) is 0 Å². The zero-order valence-corrected chi connectivity index (χ0v) is 14.9. The van der Waals surface area contributed by atoms with E-state index in [1.807, 2.05) is 30.3 Å². The first-order valence-corrected chi connectivity index (χ1v) is 9.38. The Labute approximate surface area is 157 Å². The summed E-state index contributed by atoms with van der Waals surface area (Å²) in [4.78, 5) is 24.5. The lowest BCUT2D eigenvalue weighted by Crippen LogP contribution is -2.33. The minimum atomic E-state index is -0.359. The number of carbonyl (C=O) groups excluding carboxylic acids is 2. The van der Waals surface area contributed by atoms with Crippen molar-refractivity contribution in [1.82, 2.24) is 5.32 Å². The van der Waals surface area contributed by atoms with Gasteiger partial charge in [-0.25, -0.2) is 4.39 Å². The molecule has 2 fully saturated rings. The SMILES string of the molecule is O=C(COC(=O)C1CC1c1ccc(F)cc1)NC(c1ccccc1)C1CC1. The molecule has 0 radical (unpaired) electrons. The number of carbonyl (C=O) groups is 2. The van der Waals surface area contributed by atoms with E-state index in [-0.39, 0.29) is 42.2 Å². The first-order valence-electron chi connectivity index (χ1n) is 9.38. The normalized spacial score (nSPS) is 22.0. The maximum absolute atomic E-state index is 13.0. The first-order chi connectivity index (χ1) is 13.1. The van der Waals surface area contributed by atoms with Gasteiger partial charge in [0.05, 0.1) is 12.0 Å². The average molecular weight is 367 g/mol. The number of amides is 1. The molecule has 0 bridgehead atoms. The van der Waals surface area contributed by atoms with Crippen LogP contribution in [0.5, 0.6) is 0 Å². The summed E-state index contributed by atoms with van der Waals surface area (Å²) in [6, 6.07) is 16.0. The number of ether oxygens (including phenoxy) is 1. The molecule has 27 heavy (non-hydrogen) atoms. The number of rotatable bonds is 7. The van der Waals surface area contributed by atoms with Crippen molar-refractivity contribution in [3.05, 3.63) is 71.5 Å². The van der Waals surface area contributed by atoms with E-state index in [0.717, 1.165) is 24.0 Å². The van der Waals surface area contributed by atoms with E-state index in [0.29, 0.717) is 12.3 Å². The van der Waals surface area contributed by atoms with E-state index in [1.165, 1.54) is 12.1 Å². The predicted molar refractivity (Wildman–Crippen MR) is 98.3 cm³/mol. The number of hydrogen-bond donors (Lipinski definition) is 1. The molecule has 3 atom stereocenters. The summed E-state index contributed by atoms with van der Waals surface area (Å²) in [6.07, 6.45) is 2.88. The van der Waals surface area contributed by atoms with Gasteiger partial charge in [-0.15, -0.1) is 0 Å². The summed E-state index contributed by atoms with van der Waals surface area (Å²) in [6.45, 7) is -0.262. The molecule has 3 unspecified atom stereocenters. The minimum Gasteiger partial charge on any atom is -0.455 e. The lowest BCUT2D eigenvalue weighted by molar-refractivity contribution is -0.150. The van der Waals surface area contributed by atoms with Crippen molar-refractivity contribution in [2.24, 2.45) is 11.8 Å². The van der Waals surface area contributed by atoms with Crippen LogP contribution in [0.1, 0.15) is 42.3 Å². The van der Waals surface area contributed by atoms with Crippen molar-refractivity contribution in [1.29, 1.82) is 0 Å². The third-order valence-corrected chi connectivity index (χ3v) is 5.31. The Morgan fingerprint density at radius 2 is 1.78 bits per heavy atom. The molecule has 4 rings (SSSR count). The number of esters is 1. The number of hydrogen-bond acceptors (Lipinski definition) is 3. The second kappa shape index (κ2) is 7.51. The molecule has 1 amide bonds. The van der Waals surface area contributed by atoms with Gasteiger partial charge in [-0.3, -0.25) is 9.59 Å². The van der Waals surface area contributed by atoms with Gasteiger partial charge in [-0.2, -0.15) is 0 Å². The highest BCUT2D eigenvalue weighted by atomic mass is 19.1. The minimum absolute atomic E-state index is 0.0229. The van der Waals surface area contributed by atoms with E-state index in [1.54, 1.807) is 12.1 Å². The van der Waals surface area contributed by atoms with Crippen LogP contribution >= 0.6 is 0 Å². The Morgan fingerprint density at radius 3 is 2.44 bits per heavy atom. The fourth-order valence-corrected chi connectivity index (χ4v) is 3.56. The Morgan fingerprint density at radius 1 is 1.07 bits per heavy atom. The van der Waals surface area contributed by atoms with Crippen LogP contribution in [-0.4, -0.2) is 18.5 Å². The quantitative estimate of drug-likeness (QED) is 0.759. The van der Waals surface area contributed by atoms with Gasteiger partial charge in [-0.1, -0.05) is 42.5 Å². The molecule has 0 heterocycles. The smallest absolute Gasteiger partial charge is 0.310 e. The topological polar surface area (TPSA) is 55.4 Å². The third-order valence-electron chi connectivity index (χ3n) is 5.31. The van der Waals surface area contributed by atoms with Gasteiger partial charge in [0.25, 0.3) is 5.91 Å². The molecule has 0 aromatic heterocycles. The molecule has 4 nitrogen and oxygen atoms in total. The van der Waals surface area contributed by atoms with E-state index < -0.39 is 0 Å². The van der Waals surface area contributed by atoms with E-state index in [4.69, 9.17) is 4.74 Å². The van der Waals surface area contributed by atoms with Crippen molar-refractivity contribution < 1.29 is 18.7 Å². The molecular weight excluding hydrogens is 345 g/mol. The number of benzene rings is 2. The molecule has 0 spiro atoms. The van der Waals surface area contributed by atoms with Crippen LogP contribution in [0.25, 0.3) is 0 Å². The van der Waals surface area contributed by atoms with Crippen LogP contribution in [0.2, 0.25) is 0 Å². The molecule has 1 N–H and O–H groups in total. The zero-order valence-electron chi connectivity index (χ0n) is 14.9. The van der Waals surface area contributed by atoms with Gasteiger partial charge in [-0.05, 0) is 54.4 Å². The van der Waals surface area contributed by atoms with Crippen LogP contribution in [0.4, 0.5) is 4.39 Å². The Hall–Kier alpha value is -2.69. The second-order valence-corrected chi connectivity index (χ2v) is 7.40. The lowest BCUT2D eigenvalue weighted by atomic mass is 10.0. The van der Waals surface area contributed by atoms with E-state index in [2.05, 4.69) is 5.32 Å². The molecular formula is C22H22FNO3.